The maximum Gasteiger partial charge on any atom is 0.248 e. The molecular weight excluding hydrogens is 347 g/mol. The largest absolute Gasteiger partial charge is 0.326 e. The topological polar surface area (TPSA) is 58.2 Å². The monoisotopic (exact) mass is 362 g/mol. The van der Waals surface area contributed by atoms with Gasteiger partial charge in [-0.2, -0.15) is 0 Å². The molecule has 124 valence electrons. The lowest BCUT2D eigenvalue weighted by atomic mass is 10.1. The zero-order valence-electron chi connectivity index (χ0n) is 13.2. The molecule has 4 nitrogen and oxygen atoms in total. The molecule has 6 heteroatoms. The first-order valence-electron chi connectivity index (χ1n) is 7.18. The quantitative estimate of drug-likeness (QED) is 0.758. The van der Waals surface area contributed by atoms with Crippen LogP contribution in [0, 0.1) is 6.92 Å². The number of rotatable bonds is 4. The number of carbonyl (C=O) groups excluding carboxylic acids is 2. The van der Waals surface area contributed by atoms with E-state index >= 15 is 0 Å². The van der Waals surface area contributed by atoms with Crippen molar-refractivity contribution in [2.45, 2.75) is 13.8 Å². The number of hydrogen-bond donors (Lipinski definition) is 2. The Kier molecular flexibility index (Phi) is 6.01. The Morgan fingerprint density at radius 1 is 0.958 bits per heavy atom. The molecule has 0 spiro atoms. The standard InChI is InChI=1S/C18H16Cl2N2O2/c1-11-16(21-12(2)23)7-4-8-17(11)22-18(24)10-9-13-14(19)5-3-6-15(13)20/h3-10H,1-2H3,(H,21,23)(H,22,24)/b10-9+. The fourth-order valence-electron chi connectivity index (χ4n) is 2.10. The maximum atomic E-state index is 12.1. The van der Waals surface area contributed by atoms with E-state index < -0.39 is 0 Å². The van der Waals surface area contributed by atoms with Gasteiger partial charge in [0.1, 0.15) is 0 Å². The van der Waals surface area contributed by atoms with Gasteiger partial charge in [-0.1, -0.05) is 35.3 Å². The summed E-state index contributed by atoms with van der Waals surface area (Å²) in [6.07, 6.45) is 2.92. The van der Waals surface area contributed by atoms with Gasteiger partial charge in [-0.3, -0.25) is 9.59 Å². The molecule has 0 unspecified atom stereocenters. The molecule has 0 radical (unpaired) electrons. The van der Waals surface area contributed by atoms with Crippen molar-refractivity contribution in [2.24, 2.45) is 0 Å². The van der Waals surface area contributed by atoms with Crippen molar-refractivity contribution in [3.63, 3.8) is 0 Å². The second-order valence-corrected chi connectivity index (χ2v) is 5.93. The van der Waals surface area contributed by atoms with Crippen LogP contribution in [0.1, 0.15) is 18.1 Å². The number of benzene rings is 2. The maximum absolute atomic E-state index is 12.1. The van der Waals surface area contributed by atoms with Crippen molar-refractivity contribution in [1.82, 2.24) is 0 Å². The van der Waals surface area contributed by atoms with Gasteiger partial charge in [0.2, 0.25) is 11.8 Å². The molecule has 0 heterocycles. The van der Waals surface area contributed by atoms with Crippen LogP contribution in [-0.2, 0) is 9.59 Å². The van der Waals surface area contributed by atoms with Gasteiger partial charge in [0.15, 0.2) is 0 Å². The number of anilines is 2. The Labute approximate surface area is 150 Å². The van der Waals surface area contributed by atoms with E-state index in [2.05, 4.69) is 10.6 Å². The molecule has 2 N–H and O–H groups in total. The van der Waals surface area contributed by atoms with Crippen LogP contribution in [-0.4, -0.2) is 11.8 Å². The van der Waals surface area contributed by atoms with Crippen LogP contribution >= 0.6 is 23.2 Å². The van der Waals surface area contributed by atoms with E-state index in [1.54, 1.807) is 42.5 Å². The van der Waals surface area contributed by atoms with Crippen molar-refractivity contribution in [3.8, 4) is 0 Å². The van der Waals surface area contributed by atoms with Crippen LogP contribution in [0.5, 0.6) is 0 Å². The van der Waals surface area contributed by atoms with E-state index in [0.29, 0.717) is 27.0 Å². The van der Waals surface area contributed by atoms with Crippen LogP contribution in [0.3, 0.4) is 0 Å². The number of amides is 2. The van der Waals surface area contributed by atoms with Gasteiger partial charge < -0.3 is 10.6 Å². The molecule has 2 aromatic carbocycles. The Morgan fingerprint density at radius 3 is 2.08 bits per heavy atom. The van der Waals surface area contributed by atoms with Crippen LogP contribution < -0.4 is 10.6 Å². The minimum atomic E-state index is -0.325. The molecular formula is C18H16Cl2N2O2. The minimum absolute atomic E-state index is 0.171. The SMILES string of the molecule is CC(=O)Nc1cccc(NC(=O)/C=C/c2c(Cl)cccc2Cl)c1C. The summed E-state index contributed by atoms with van der Waals surface area (Å²) in [6.45, 7) is 3.25. The van der Waals surface area contributed by atoms with Crippen molar-refractivity contribution < 1.29 is 9.59 Å². The summed E-state index contributed by atoms with van der Waals surface area (Å²) < 4.78 is 0. The first-order valence-corrected chi connectivity index (χ1v) is 7.94. The molecule has 24 heavy (non-hydrogen) atoms. The molecule has 0 saturated carbocycles. The van der Waals surface area contributed by atoms with Crippen molar-refractivity contribution >= 4 is 52.5 Å². The highest BCUT2D eigenvalue weighted by atomic mass is 35.5. The predicted octanol–water partition coefficient (Wildman–Crippen LogP) is 4.91. The summed E-state index contributed by atoms with van der Waals surface area (Å²) in [7, 11) is 0. The lowest BCUT2D eigenvalue weighted by molar-refractivity contribution is -0.114. The third kappa shape index (κ3) is 4.60. The Morgan fingerprint density at radius 2 is 1.50 bits per heavy atom. The molecule has 0 aliphatic heterocycles. The second-order valence-electron chi connectivity index (χ2n) is 5.12. The Hall–Kier alpha value is -2.30. The third-order valence-electron chi connectivity index (χ3n) is 3.30. The van der Waals surface area contributed by atoms with E-state index in [0.717, 1.165) is 5.56 Å². The van der Waals surface area contributed by atoms with Gasteiger partial charge >= 0.3 is 0 Å². The van der Waals surface area contributed by atoms with Crippen LogP contribution in [0.25, 0.3) is 6.08 Å². The first kappa shape index (κ1) is 18.0. The first-order chi connectivity index (χ1) is 11.4. The van der Waals surface area contributed by atoms with E-state index in [1.807, 2.05) is 6.92 Å². The van der Waals surface area contributed by atoms with Gasteiger partial charge in [-0.05, 0) is 42.8 Å². The summed E-state index contributed by atoms with van der Waals surface area (Å²) >= 11 is 12.1. The average Bonchev–Trinajstić information content (AvgIpc) is 2.50. The number of hydrogen-bond acceptors (Lipinski definition) is 2. The summed E-state index contributed by atoms with van der Waals surface area (Å²) in [5.74, 6) is -0.496. The van der Waals surface area contributed by atoms with Gasteiger partial charge in [0.05, 0.1) is 0 Å². The molecule has 0 fully saturated rings. The Balaban J connectivity index is 2.16. The van der Waals surface area contributed by atoms with E-state index in [-0.39, 0.29) is 11.8 Å². The highest BCUT2D eigenvalue weighted by molar-refractivity contribution is 6.37. The molecule has 0 saturated heterocycles. The van der Waals surface area contributed by atoms with Gasteiger partial charge in [0, 0.05) is 40.0 Å². The van der Waals surface area contributed by atoms with Crippen LogP contribution in [0.2, 0.25) is 10.0 Å². The molecule has 0 aliphatic carbocycles. The summed E-state index contributed by atoms with van der Waals surface area (Å²) in [5.41, 5.74) is 2.62. The molecule has 0 bridgehead atoms. The lowest BCUT2D eigenvalue weighted by Gasteiger charge is -2.11. The normalized spacial score (nSPS) is 10.7. The summed E-state index contributed by atoms with van der Waals surface area (Å²) in [6, 6.07) is 10.4. The molecule has 2 rings (SSSR count). The third-order valence-corrected chi connectivity index (χ3v) is 3.96. The predicted molar refractivity (Wildman–Crippen MR) is 99.6 cm³/mol. The molecule has 0 aromatic heterocycles. The summed E-state index contributed by atoms with van der Waals surface area (Å²) in [4.78, 5) is 23.3. The van der Waals surface area contributed by atoms with E-state index in [4.69, 9.17) is 23.2 Å². The molecule has 0 atom stereocenters. The van der Waals surface area contributed by atoms with Gasteiger partial charge in [0.25, 0.3) is 0 Å². The molecule has 2 aromatic rings. The van der Waals surface area contributed by atoms with Gasteiger partial charge in [-0.15, -0.1) is 0 Å². The average molecular weight is 363 g/mol. The van der Waals surface area contributed by atoms with Crippen LogP contribution in [0.15, 0.2) is 42.5 Å². The van der Waals surface area contributed by atoms with E-state index in [1.165, 1.54) is 13.0 Å². The smallest absolute Gasteiger partial charge is 0.248 e. The van der Waals surface area contributed by atoms with E-state index in [9.17, 15) is 9.59 Å². The zero-order valence-corrected chi connectivity index (χ0v) is 14.7. The fourth-order valence-corrected chi connectivity index (χ4v) is 2.62. The second kappa shape index (κ2) is 7.99. The Bertz CT molecular complexity index is 796. The fraction of sp³-hybridized carbons (Fsp3) is 0.111. The molecule has 2 amide bonds. The minimum Gasteiger partial charge on any atom is -0.326 e. The highest BCUT2D eigenvalue weighted by Gasteiger charge is 2.08. The highest BCUT2D eigenvalue weighted by Crippen LogP contribution is 2.26. The van der Waals surface area contributed by atoms with Crippen molar-refractivity contribution in [3.05, 3.63) is 63.6 Å². The zero-order chi connectivity index (χ0) is 17.7. The lowest BCUT2D eigenvalue weighted by Crippen LogP contribution is -2.12. The van der Waals surface area contributed by atoms with Gasteiger partial charge in [-0.25, -0.2) is 0 Å². The molecule has 0 aliphatic rings. The van der Waals surface area contributed by atoms with Crippen molar-refractivity contribution in [2.75, 3.05) is 10.6 Å². The van der Waals surface area contributed by atoms with Crippen molar-refractivity contribution in [1.29, 1.82) is 0 Å². The summed E-state index contributed by atoms with van der Waals surface area (Å²) in [5, 5.41) is 6.42. The number of halogens is 2. The van der Waals surface area contributed by atoms with Crippen LogP contribution in [0.4, 0.5) is 11.4 Å². The number of nitrogens with one attached hydrogen (secondary N) is 2. The number of carbonyl (C=O) groups is 2.